The first kappa shape index (κ1) is 13.6. The Kier molecular flexibility index (Phi) is 4.19. The van der Waals surface area contributed by atoms with Gasteiger partial charge >= 0.3 is 0 Å². The number of rotatable bonds is 3. The molecule has 1 aromatic heterocycles. The van der Waals surface area contributed by atoms with Gasteiger partial charge in [0.05, 0.1) is 16.3 Å². The van der Waals surface area contributed by atoms with Crippen LogP contribution in [0.3, 0.4) is 0 Å². The number of benzene rings is 1. The Morgan fingerprint density at radius 2 is 2.00 bits per heavy atom. The van der Waals surface area contributed by atoms with Crippen molar-refractivity contribution in [2.75, 3.05) is 10.6 Å². The number of thiophene rings is 1. The lowest BCUT2D eigenvalue weighted by Crippen LogP contribution is -2.12. The zero-order valence-electron chi connectivity index (χ0n) is 10.1. The fourth-order valence-electron chi connectivity index (χ4n) is 1.49. The van der Waals surface area contributed by atoms with E-state index in [1.54, 1.807) is 29.6 Å². The predicted octanol–water partition coefficient (Wildman–Crippen LogP) is 3.61. The second-order valence-electron chi connectivity index (χ2n) is 3.84. The molecule has 0 aliphatic heterocycles. The first-order valence-electron chi connectivity index (χ1n) is 5.47. The van der Waals surface area contributed by atoms with Gasteiger partial charge in [0.2, 0.25) is 5.91 Å². The maximum atomic E-state index is 11.9. The Morgan fingerprint density at radius 3 is 2.63 bits per heavy atom. The lowest BCUT2D eigenvalue weighted by Gasteiger charge is -2.09. The van der Waals surface area contributed by atoms with Crippen molar-refractivity contribution in [3.8, 4) is 0 Å². The summed E-state index contributed by atoms with van der Waals surface area (Å²) >= 11 is 7.40. The number of carbonyl (C=O) groups is 2. The summed E-state index contributed by atoms with van der Waals surface area (Å²) in [5, 5.41) is 9.36. The second kappa shape index (κ2) is 5.86. The molecule has 2 N–H and O–H groups in total. The second-order valence-corrected chi connectivity index (χ2v) is 5.03. The summed E-state index contributed by atoms with van der Waals surface area (Å²) in [6.45, 7) is 1.40. The van der Waals surface area contributed by atoms with Gasteiger partial charge < -0.3 is 10.6 Å². The average molecular weight is 295 g/mol. The highest BCUT2D eigenvalue weighted by atomic mass is 35.5. The molecule has 1 heterocycles. The molecule has 0 saturated heterocycles. The molecule has 6 heteroatoms. The van der Waals surface area contributed by atoms with Gasteiger partial charge in [-0.3, -0.25) is 9.59 Å². The van der Waals surface area contributed by atoms with Crippen LogP contribution < -0.4 is 10.6 Å². The summed E-state index contributed by atoms with van der Waals surface area (Å²) in [6.07, 6.45) is 0. The molecule has 0 saturated carbocycles. The van der Waals surface area contributed by atoms with Gasteiger partial charge in [-0.1, -0.05) is 11.6 Å². The van der Waals surface area contributed by atoms with Crippen LogP contribution in [0.5, 0.6) is 0 Å². The third-order valence-electron chi connectivity index (χ3n) is 2.32. The highest BCUT2D eigenvalue weighted by molar-refractivity contribution is 7.08. The summed E-state index contributed by atoms with van der Waals surface area (Å²) in [5.74, 6) is -0.416. The van der Waals surface area contributed by atoms with Gasteiger partial charge in [0.25, 0.3) is 5.91 Å². The monoisotopic (exact) mass is 294 g/mol. The summed E-state index contributed by atoms with van der Waals surface area (Å²) in [6, 6.07) is 6.66. The molecule has 0 fully saturated rings. The molecule has 0 spiro atoms. The first-order valence-corrected chi connectivity index (χ1v) is 6.79. The maximum Gasteiger partial charge on any atom is 0.256 e. The normalized spacial score (nSPS) is 10.0. The van der Waals surface area contributed by atoms with E-state index in [2.05, 4.69) is 10.6 Å². The number of anilines is 2. The first-order chi connectivity index (χ1) is 9.06. The molecule has 19 heavy (non-hydrogen) atoms. The fraction of sp³-hybridized carbons (Fsp3) is 0.0769. The van der Waals surface area contributed by atoms with E-state index in [1.165, 1.54) is 18.3 Å². The molecule has 1 aromatic carbocycles. The van der Waals surface area contributed by atoms with Crippen molar-refractivity contribution >= 4 is 46.1 Å². The topological polar surface area (TPSA) is 58.2 Å². The van der Waals surface area contributed by atoms with Crippen molar-refractivity contribution in [1.29, 1.82) is 0 Å². The van der Waals surface area contributed by atoms with Crippen LogP contribution in [0.15, 0.2) is 35.0 Å². The number of halogens is 1. The largest absolute Gasteiger partial charge is 0.325 e. The van der Waals surface area contributed by atoms with Gasteiger partial charge in [-0.2, -0.15) is 11.3 Å². The van der Waals surface area contributed by atoms with Crippen LogP contribution in [-0.2, 0) is 4.79 Å². The van der Waals surface area contributed by atoms with E-state index in [0.717, 1.165) is 0 Å². The number of hydrogen-bond donors (Lipinski definition) is 2. The third kappa shape index (κ3) is 3.56. The fourth-order valence-corrected chi connectivity index (χ4v) is 2.29. The predicted molar refractivity (Wildman–Crippen MR) is 78.0 cm³/mol. The summed E-state index contributed by atoms with van der Waals surface area (Å²) in [5.41, 5.74) is 1.64. The Bertz CT molecular complexity index is 611. The summed E-state index contributed by atoms with van der Waals surface area (Å²) in [4.78, 5) is 22.9. The molecule has 98 valence electrons. The highest BCUT2D eigenvalue weighted by Gasteiger charge is 2.08. The Hall–Kier alpha value is -1.85. The smallest absolute Gasteiger partial charge is 0.256 e. The van der Waals surface area contributed by atoms with Gasteiger partial charge in [0.1, 0.15) is 0 Å². The van der Waals surface area contributed by atoms with Crippen LogP contribution in [0, 0.1) is 0 Å². The van der Waals surface area contributed by atoms with Gasteiger partial charge in [0.15, 0.2) is 0 Å². The minimum absolute atomic E-state index is 0.197. The Morgan fingerprint density at radius 1 is 1.21 bits per heavy atom. The van der Waals surface area contributed by atoms with E-state index in [0.29, 0.717) is 22.0 Å². The Balaban J connectivity index is 2.17. The van der Waals surface area contributed by atoms with Crippen LogP contribution >= 0.6 is 22.9 Å². The van der Waals surface area contributed by atoms with Gasteiger partial charge in [-0.05, 0) is 29.6 Å². The van der Waals surface area contributed by atoms with Crippen molar-refractivity contribution in [2.45, 2.75) is 6.92 Å². The average Bonchev–Trinajstić information content (AvgIpc) is 2.86. The molecule has 0 radical (unpaired) electrons. The maximum absolute atomic E-state index is 11.9. The van der Waals surface area contributed by atoms with Crippen molar-refractivity contribution in [1.82, 2.24) is 0 Å². The summed E-state index contributed by atoms with van der Waals surface area (Å²) in [7, 11) is 0. The number of amides is 2. The van der Waals surface area contributed by atoms with E-state index in [-0.39, 0.29) is 11.8 Å². The van der Waals surface area contributed by atoms with Gasteiger partial charge in [-0.15, -0.1) is 0 Å². The molecule has 0 atom stereocenters. The molecule has 0 aliphatic rings. The van der Waals surface area contributed by atoms with Gasteiger partial charge in [-0.25, -0.2) is 0 Å². The molecule has 0 unspecified atom stereocenters. The number of nitrogens with one attached hydrogen (secondary N) is 2. The van der Waals surface area contributed by atoms with Crippen LogP contribution in [0.2, 0.25) is 5.02 Å². The molecule has 2 rings (SSSR count). The minimum Gasteiger partial charge on any atom is -0.325 e. The van der Waals surface area contributed by atoms with Crippen molar-refractivity contribution in [3.63, 3.8) is 0 Å². The number of carbonyl (C=O) groups excluding carboxylic acids is 2. The highest BCUT2D eigenvalue weighted by Crippen LogP contribution is 2.25. The van der Waals surface area contributed by atoms with Crippen molar-refractivity contribution in [2.24, 2.45) is 0 Å². The quantitative estimate of drug-likeness (QED) is 0.908. The Labute approximate surface area is 119 Å². The third-order valence-corrected chi connectivity index (χ3v) is 3.33. The standard InChI is InChI=1S/C13H11ClN2O2S/c1-8(17)15-12-6-10(2-3-11(12)14)16-13(18)9-4-5-19-7-9/h2-7H,1H3,(H,15,17)(H,16,18). The minimum atomic E-state index is -0.219. The zero-order chi connectivity index (χ0) is 13.8. The SMILES string of the molecule is CC(=O)Nc1cc(NC(=O)c2ccsc2)ccc1Cl. The zero-order valence-corrected chi connectivity index (χ0v) is 11.6. The lowest BCUT2D eigenvalue weighted by molar-refractivity contribution is -0.114. The van der Waals surface area contributed by atoms with Crippen LogP contribution in [0.1, 0.15) is 17.3 Å². The van der Waals surface area contributed by atoms with E-state index in [4.69, 9.17) is 11.6 Å². The molecular weight excluding hydrogens is 284 g/mol. The molecular formula is C13H11ClN2O2S. The van der Waals surface area contributed by atoms with E-state index >= 15 is 0 Å². The molecule has 4 nitrogen and oxygen atoms in total. The lowest BCUT2D eigenvalue weighted by atomic mass is 10.2. The van der Waals surface area contributed by atoms with Crippen molar-refractivity contribution in [3.05, 3.63) is 45.6 Å². The molecule has 2 aromatic rings. The molecule has 0 aliphatic carbocycles. The molecule has 2 amide bonds. The van der Waals surface area contributed by atoms with Gasteiger partial charge in [0, 0.05) is 18.0 Å². The van der Waals surface area contributed by atoms with Crippen LogP contribution in [0.4, 0.5) is 11.4 Å². The van der Waals surface area contributed by atoms with E-state index < -0.39 is 0 Å². The molecule has 0 bridgehead atoms. The van der Waals surface area contributed by atoms with Crippen molar-refractivity contribution < 1.29 is 9.59 Å². The van der Waals surface area contributed by atoms with Crippen LogP contribution in [-0.4, -0.2) is 11.8 Å². The summed E-state index contributed by atoms with van der Waals surface area (Å²) < 4.78 is 0. The van der Waals surface area contributed by atoms with E-state index in [1.807, 2.05) is 5.38 Å². The number of hydrogen-bond acceptors (Lipinski definition) is 3. The van der Waals surface area contributed by atoms with Crippen LogP contribution in [0.25, 0.3) is 0 Å². The van der Waals surface area contributed by atoms with E-state index in [9.17, 15) is 9.59 Å².